The third kappa shape index (κ3) is 3.75. The predicted molar refractivity (Wildman–Crippen MR) is 120 cm³/mol. The number of rotatable bonds is 3. The first-order valence-electron chi connectivity index (χ1n) is 9.44. The van der Waals surface area contributed by atoms with Crippen LogP contribution in [0.1, 0.15) is 46.1 Å². The van der Waals surface area contributed by atoms with Gasteiger partial charge in [-0.2, -0.15) is 0 Å². The van der Waals surface area contributed by atoms with Crippen LogP contribution in [0.15, 0.2) is 35.3 Å². The fourth-order valence-corrected chi connectivity index (χ4v) is 4.06. The van der Waals surface area contributed by atoms with E-state index in [9.17, 15) is 0 Å². The average Bonchev–Trinajstić information content (AvgIpc) is 2.63. The molecule has 2 aliphatic rings. The van der Waals surface area contributed by atoms with Gasteiger partial charge < -0.3 is 15.0 Å². The summed E-state index contributed by atoms with van der Waals surface area (Å²) in [6.45, 7) is 12.9. The zero-order chi connectivity index (χ0) is 18.1. The summed E-state index contributed by atoms with van der Waals surface area (Å²) in [5.74, 6) is 1.02. The zero-order valence-electron chi connectivity index (χ0n) is 16.8. The molecule has 4 nitrogen and oxygen atoms in total. The summed E-state index contributed by atoms with van der Waals surface area (Å²) >= 11 is 0. The fourth-order valence-electron chi connectivity index (χ4n) is 4.06. The van der Waals surface area contributed by atoms with Crippen molar-refractivity contribution in [3.8, 4) is 0 Å². The summed E-state index contributed by atoms with van der Waals surface area (Å²) in [5.41, 5.74) is 1.95. The number of nitrogens with one attached hydrogen (secondary N) is 1. The molecule has 0 aromatic heterocycles. The van der Waals surface area contributed by atoms with E-state index in [0.29, 0.717) is 5.41 Å². The highest BCUT2D eigenvalue weighted by molar-refractivity contribution is 14.0. The van der Waals surface area contributed by atoms with Crippen LogP contribution in [0.3, 0.4) is 0 Å². The van der Waals surface area contributed by atoms with Crippen molar-refractivity contribution < 1.29 is 4.74 Å². The van der Waals surface area contributed by atoms with Crippen LogP contribution in [0.2, 0.25) is 0 Å². The lowest BCUT2D eigenvalue weighted by Gasteiger charge is -2.62. The van der Waals surface area contributed by atoms with Gasteiger partial charge in [0.05, 0.1) is 0 Å². The van der Waals surface area contributed by atoms with Gasteiger partial charge in [0.2, 0.25) is 0 Å². The van der Waals surface area contributed by atoms with E-state index in [1.807, 2.05) is 7.05 Å². The Balaban J connectivity index is 0.00000243. The van der Waals surface area contributed by atoms with Crippen molar-refractivity contribution in [2.24, 2.45) is 10.4 Å². The quantitative estimate of drug-likeness (QED) is 0.411. The second kappa shape index (κ2) is 8.05. The van der Waals surface area contributed by atoms with Crippen molar-refractivity contribution >= 4 is 29.9 Å². The van der Waals surface area contributed by atoms with Gasteiger partial charge in [-0.25, -0.2) is 0 Å². The molecular weight excluding hydrogens is 437 g/mol. The molecular formula is C21H34IN3O. The lowest BCUT2D eigenvalue weighted by Crippen LogP contribution is -2.72. The van der Waals surface area contributed by atoms with Crippen molar-refractivity contribution in [1.82, 2.24) is 10.2 Å². The Labute approximate surface area is 175 Å². The molecule has 1 aromatic rings. The number of hydrogen-bond acceptors (Lipinski definition) is 2. The largest absolute Gasteiger partial charge is 0.381 e. The molecule has 3 rings (SSSR count). The first-order valence-corrected chi connectivity index (χ1v) is 9.44. The molecule has 146 valence electrons. The molecule has 2 fully saturated rings. The molecule has 2 heterocycles. The maximum atomic E-state index is 5.65. The van der Waals surface area contributed by atoms with Crippen LogP contribution in [-0.2, 0) is 10.2 Å². The van der Waals surface area contributed by atoms with Gasteiger partial charge in [0, 0.05) is 49.7 Å². The van der Waals surface area contributed by atoms with E-state index in [1.165, 1.54) is 5.56 Å². The number of ether oxygens (including phenoxy) is 1. The number of halogens is 1. The summed E-state index contributed by atoms with van der Waals surface area (Å²) in [6.07, 6.45) is 2.10. The van der Waals surface area contributed by atoms with E-state index in [2.05, 4.69) is 73.2 Å². The van der Waals surface area contributed by atoms with Crippen LogP contribution in [0.5, 0.6) is 0 Å². The molecule has 1 aromatic carbocycles. The van der Waals surface area contributed by atoms with E-state index in [1.54, 1.807) is 0 Å². The number of hydrogen-bond donors (Lipinski definition) is 1. The van der Waals surface area contributed by atoms with Crippen molar-refractivity contribution in [2.75, 3.05) is 33.4 Å². The normalized spacial score (nSPS) is 23.6. The number of benzene rings is 1. The summed E-state index contributed by atoms with van der Waals surface area (Å²) in [7, 11) is 1.89. The van der Waals surface area contributed by atoms with Crippen molar-refractivity contribution in [2.45, 2.75) is 51.5 Å². The first-order chi connectivity index (χ1) is 11.8. The van der Waals surface area contributed by atoms with Crippen LogP contribution in [0, 0.1) is 5.41 Å². The Kier molecular flexibility index (Phi) is 6.65. The van der Waals surface area contributed by atoms with Gasteiger partial charge in [-0.1, -0.05) is 44.2 Å². The number of likely N-dealkylation sites (tertiary alicyclic amines) is 1. The summed E-state index contributed by atoms with van der Waals surface area (Å²) < 4.78 is 5.65. The highest BCUT2D eigenvalue weighted by Gasteiger charge is 2.53. The van der Waals surface area contributed by atoms with Crippen LogP contribution in [0.25, 0.3) is 0 Å². The second-order valence-electron chi connectivity index (χ2n) is 8.69. The lowest BCUT2D eigenvalue weighted by molar-refractivity contribution is -0.0671. The second-order valence-corrected chi connectivity index (χ2v) is 8.69. The maximum absolute atomic E-state index is 5.65. The summed E-state index contributed by atoms with van der Waals surface area (Å²) in [4.78, 5) is 6.99. The fraction of sp³-hybridized carbons (Fsp3) is 0.667. The van der Waals surface area contributed by atoms with E-state index >= 15 is 0 Å². The van der Waals surface area contributed by atoms with Crippen LogP contribution < -0.4 is 5.32 Å². The van der Waals surface area contributed by atoms with Crippen LogP contribution in [0.4, 0.5) is 0 Å². The van der Waals surface area contributed by atoms with Crippen molar-refractivity contribution in [3.63, 3.8) is 0 Å². The van der Waals surface area contributed by atoms with Gasteiger partial charge in [-0.05, 0) is 32.3 Å². The first kappa shape index (κ1) is 21.5. The molecule has 0 atom stereocenters. The van der Waals surface area contributed by atoms with E-state index in [-0.39, 0.29) is 34.9 Å². The minimum Gasteiger partial charge on any atom is -0.381 e. The van der Waals surface area contributed by atoms with Crippen LogP contribution in [-0.4, -0.2) is 49.7 Å². The van der Waals surface area contributed by atoms with Gasteiger partial charge >= 0.3 is 0 Å². The zero-order valence-corrected chi connectivity index (χ0v) is 19.2. The molecule has 0 amide bonds. The molecule has 0 radical (unpaired) electrons. The average molecular weight is 471 g/mol. The SMILES string of the molecule is CN=C(NCC1(c2ccccc2)CCOCC1)N1CC(C)(C)C1(C)C.I. The molecule has 2 aliphatic heterocycles. The predicted octanol–water partition coefficient (Wildman–Crippen LogP) is 4.05. The molecule has 26 heavy (non-hydrogen) atoms. The number of aliphatic imine (C=N–C) groups is 1. The van der Waals surface area contributed by atoms with Crippen molar-refractivity contribution in [1.29, 1.82) is 0 Å². The molecule has 0 unspecified atom stereocenters. The molecule has 0 saturated carbocycles. The Bertz CT molecular complexity index is 621. The monoisotopic (exact) mass is 471 g/mol. The third-order valence-electron chi connectivity index (χ3n) is 6.77. The Morgan fingerprint density at radius 1 is 1.12 bits per heavy atom. The molecule has 0 spiro atoms. The lowest BCUT2D eigenvalue weighted by atomic mass is 9.65. The van der Waals surface area contributed by atoms with Gasteiger partial charge in [-0.3, -0.25) is 4.99 Å². The van der Waals surface area contributed by atoms with Gasteiger partial charge in [-0.15, -0.1) is 24.0 Å². The van der Waals surface area contributed by atoms with Gasteiger partial charge in [0.15, 0.2) is 5.96 Å². The highest BCUT2D eigenvalue weighted by Crippen LogP contribution is 2.46. The van der Waals surface area contributed by atoms with E-state index in [4.69, 9.17) is 4.74 Å². The standard InChI is InChI=1S/C21H33N3O.HI/c1-19(2)16-24(20(19,3)4)18(22-5)23-15-21(11-13-25-14-12-21)17-9-7-6-8-10-17;/h6-10H,11-16H2,1-5H3,(H,22,23);1H. The number of nitrogens with zero attached hydrogens (tertiary/aromatic N) is 2. The van der Waals surface area contributed by atoms with Gasteiger partial charge in [0.25, 0.3) is 0 Å². The summed E-state index contributed by atoms with van der Waals surface area (Å²) in [6, 6.07) is 10.9. The van der Waals surface area contributed by atoms with Gasteiger partial charge in [0.1, 0.15) is 0 Å². The molecule has 0 bridgehead atoms. The third-order valence-corrected chi connectivity index (χ3v) is 6.77. The molecule has 1 N–H and O–H groups in total. The van der Waals surface area contributed by atoms with Crippen molar-refractivity contribution in [3.05, 3.63) is 35.9 Å². The Morgan fingerprint density at radius 2 is 1.73 bits per heavy atom. The Morgan fingerprint density at radius 3 is 2.23 bits per heavy atom. The minimum atomic E-state index is 0. The van der Waals surface area contributed by atoms with E-state index in [0.717, 1.165) is 45.1 Å². The molecule has 0 aliphatic carbocycles. The van der Waals surface area contributed by atoms with E-state index < -0.39 is 0 Å². The van der Waals surface area contributed by atoms with Crippen LogP contribution >= 0.6 is 24.0 Å². The smallest absolute Gasteiger partial charge is 0.194 e. The topological polar surface area (TPSA) is 36.9 Å². The summed E-state index contributed by atoms with van der Waals surface area (Å²) in [5, 5.41) is 3.69. The number of guanidine groups is 1. The maximum Gasteiger partial charge on any atom is 0.194 e. The minimum absolute atomic E-state index is 0. The Hall–Kier alpha value is -0.820. The molecule has 5 heteroatoms. The molecule has 2 saturated heterocycles. The highest BCUT2D eigenvalue weighted by atomic mass is 127.